The number of ether oxygens (including phenoxy) is 1. The summed E-state index contributed by atoms with van der Waals surface area (Å²) >= 11 is 0.905. The number of rotatable bonds is 7. The molecule has 4 rings (SSSR count). The molecule has 0 aliphatic heterocycles. The Bertz CT molecular complexity index is 1240. The number of fused-ring (bicyclic) bond motifs is 1. The highest BCUT2D eigenvalue weighted by atomic mass is 32.2. The average molecular weight is 435 g/mol. The third-order valence-electron chi connectivity index (χ3n) is 4.26. The number of oxazole rings is 1. The second-order valence-electron chi connectivity index (χ2n) is 6.36. The highest BCUT2D eigenvalue weighted by Crippen LogP contribution is 2.32. The second-order valence-corrected chi connectivity index (χ2v) is 7.36. The Morgan fingerprint density at radius 2 is 1.84 bits per heavy atom. The lowest BCUT2D eigenvalue weighted by Gasteiger charge is -2.02. The molecule has 2 heterocycles. The number of carbonyl (C=O) groups excluding carboxylic acids is 1. The number of carboxylic acids is 1. The quantitative estimate of drug-likeness (QED) is 0.231. The molecule has 7 nitrogen and oxygen atoms in total. The number of aliphatic carboxylic acids is 1. The molecule has 0 saturated heterocycles. The van der Waals surface area contributed by atoms with Crippen molar-refractivity contribution in [3.05, 3.63) is 76.9 Å². The van der Waals surface area contributed by atoms with E-state index in [9.17, 15) is 14.7 Å². The average Bonchev–Trinajstić information content (AvgIpc) is 3.40. The predicted octanol–water partition coefficient (Wildman–Crippen LogP) is 5.48. The lowest BCUT2D eigenvalue weighted by Crippen LogP contribution is -2.03. The van der Waals surface area contributed by atoms with Crippen molar-refractivity contribution >= 4 is 40.9 Å². The van der Waals surface area contributed by atoms with Gasteiger partial charge >= 0.3 is 11.9 Å². The van der Waals surface area contributed by atoms with Crippen molar-refractivity contribution < 1.29 is 28.3 Å². The monoisotopic (exact) mass is 435 g/mol. The van der Waals surface area contributed by atoms with Crippen LogP contribution in [0.5, 0.6) is 0 Å². The van der Waals surface area contributed by atoms with Gasteiger partial charge in [0, 0.05) is 11.6 Å². The van der Waals surface area contributed by atoms with E-state index in [4.69, 9.17) is 13.6 Å². The van der Waals surface area contributed by atoms with E-state index >= 15 is 0 Å². The van der Waals surface area contributed by atoms with E-state index in [-0.39, 0.29) is 16.1 Å². The third-order valence-corrected chi connectivity index (χ3v) is 5.12. The molecule has 2 aromatic carbocycles. The number of carboxylic acid groups (broad SMARTS) is 1. The Hall–Kier alpha value is -3.78. The van der Waals surface area contributed by atoms with E-state index in [0.717, 1.165) is 17.3 Å². The number of furan rings is 1. The van der Waals surface area contributed by atoms with Gasteiger partial charge in [0.15, 0.2) is 5.58 Å². The molecule has 4 aromatic rings. The first-order valence-corrected chi connectivity index (χ1v) is 10.2. The zero-order valence-electron chi connectivity index (χ0n) is 16.4. The van der Waals surface area contributed by atoms with Crippen LogP contribution in [0, 0.1) is 0 Å². The van der Waals surface area contributed by atoms with E-state index in [1.807, 2.05) is 12.1 Å². The van der Waals surface area contributed by atoms with Gasteiger partial charge in [0.1, 0.15) is 21.9 Å². The first-order valence-electron chi connectivity index (χ1n) is 9.39. The highest BCUT2D eigenvalue weighted by Gasteiger charge is 2.16. The van der Waals surface area contributed by atoms with Crippen LogP contribution in [-0.4, -0.2) is 28.6 Å². The first kappa shape index (κ1) is 20.5. The SMILES string of the molecule is CCOC(=O)c1ccc(-c2ccc(/C=C(\Sc3nc4ccccc4o3)C(=O)O)o2)cc1. The van der Waals surface area contributed by atoms with Gasteiger partial charge < -0.3 is 18.7 Å². The van der Waals surface area contributed by atoms with E-state index in [1.165, 1.54) is 6.08 Å². The largest absolute Gasteiger partial charge is 0.477 e. The summed E-state index contributed by atoms with van der Waals surface area (Å²) in [7, 11) is 0. The number of nitrogens with zero attached hydrogens (tertiary/aromatic N) is 1. The fourth-order valence-electron chi connectivity index (χ4n) is 2.82. The van der Waals surface area contributed by atoms with Gasteiger partial charge in [0.2, 0.25) is 0 Å². The predicted molar refractivity (Wildman–Crippen MR) is 116 cm³/mol. The normalized spacial score (nSPS) is 11.6. The number of hydrogen-bond donors (Lipinski definition) is 1. The molecular formula is C23H17NO6S. The Morgan fingerprint density at radius 3 is 2.55 bits per heavy atom. The number of hydrogen-bond acceptors (Lipinski definition) is 7. The molecule has 8 heteroatoms. The molecule has 0 spiro atoms. The Labute approximate surface area is 181 Å². The van der Waals surface area contributed by atoms with Gasteiger partial charge in [-0.3, -0.25) is 0 Å². The fourth-order valence-corrected chi connectivity index (χ4v) is 3.55. The number of esters is 1. The molecule has 0 unspecified atom stereocenters. The van der Waals surface area contributed by atoms with Gasteiger partial charge in [0.05, 0.1) is 12.2 Å². The van der Waals surface area contributed by atoms with Crippen molar-refractivity contribution in [3.63, 3.8) is 0 Å². The summed E-state index contributed by atoms with van der Waals surface area (Å²) in [6, 6.07) is 17.4. The summed E-state index contributed by atoms with van der Waals surface area (Å²) < 4.78 is 16.3. The zero-order valence-corrected chi connectivity index (χ0v) is 17.2. The van der Waals surface area contributed by atoms with Gasteiger partial charge in [0.25, 0.3) is 5.22 Å². The molecule has 0 saturated carbocycles. The molecule has 1 N–H and O–H groups in total. The van der Waals surface area contributed by atoms with E-state index in [1.54, 1.807) is 55.5 Å². The molecular weight excluding hydrogens is 418 g/mol. The smallest absolute Gasteiger partial charge is 0.342 e. The number of benzene rings is 2. The van der Waals surface area contributed by atoms with Crippen LogP contribution >= 0.6 is 11.8 Å². The summed E-state index contributed by atoms with van der Waals surface area (Å²) in [5.41, 5.74) is 2.43. The molecule has 31 heavy (non-hydrogen) atoms. The maximum atomic E-state index is 11.8. The molecule has 0 radical (unpaired) electrons. The maximum absolute atomic E-state index is 11.8. The van der Waals surface area contributed by atoms with Crippen LogP contribution in [0.2, 0.25) is 0 Å². The number of para-hydroxylation sites is 2. The summed E-state index contributed by atoms with van der Waals surface area (Å²) in [4.78, 5) is 27.8. The molecule has 0 atom stereocenters. The van der Waals surface area contributed by atoms with Crippen molar-refractivity contribution in [3.8, 4) is 11.3 Å². The number of thioether (sulfide) groups is 1. The van der Waals surface area contributed by atoms with E-state index in [2.05, 4.69) is 4.98 Å². The number of aromatic nitrogens is 1. The van der Waals surface area contributed by atoms with Crippen LogP contribution in [0.15, 0.2) is 79.6 Å². The van der Waals surface area contributed by atoms with Gasteiger partial charge in [-0.15, -0.1) is 0 Å². The molecule has 0 aliphatic rings. The topological polar surface area (TPSA) is 103 Å². The van der Waals surface area contributed by atoms with E-state index < -0.39 is 5.97 Å². The van der Waals surface area contributed by atoms with Crippen molar-refractivity contribution in [1.29, 1.82) is 0 Å². The Morgan fingerprint density at radius 1 is 1.06 bits per heavy atom. The molecule has 0 amide bonds. The van der Waals surface area contributed by atoms with Crippen LogP contribution in [-0.2, 0) is 9.53 Å². The lowest BCUT2D eigenvalue weighted by molar-refractivity contribution is -0.131. The van der Waals surface area contributed by atoms with Crippen LogP contribution in [0.3, 0.4) is 0 Å². The van der Waals surface area contributed by atoms with Crippen molar-refractivity contribution in [2.45, 2.75) is 12.1 Å². The first-order chi connectivity index (χ1) is 15.0. The minimum Gasteiger partial charge on any atom is -0.477 e. The van der Waals surface area contributed by atoms with Gasteiger partial charge in [-0.05, 0) is 55.1 Å². The highest BCUT2D eigenvalue weighted by molar-refractivity contribution is 8.03. The molecule has 0 bridgehead atoms. The minimum atomic E-state index is -1.12. The van der Waals surface area contributed by atoms with Crippen molar-refractivity contribution in [2.75, 3.05) is 6.61 Å². The van der Waals surface area contributed by atoms with Crippen molar-refractivity contribution in [1.82, 2.24) is 4.98 Å². The lowest BCUT2D eigenvalue weighted by atomic mass is 10.1. The molecule has 0 fully saturated rings. The third kappa shape index (κ3) is 4.70. The minimum absolute atomic E-state index is 0.00474. The fraction of sp³-hybridized carbons (Fsp3) is 0.0870. The van der Waals surface area contributed by atoms with Crippen LogP contribution < -0.4 is 0 Å². The van der Waals surface area contributed by atoms with E-state index in [0.29, 0.717) is 34.8 Å². The molecule has 0 aliphatic carbocycles. The summed E-state index contributed by atoms with van der Waals surface area (Å²) in [5.74, 6) is -0.604. The van der Waals surface area contributed by atoms with Crippen LogP contribution in [0.1, 0.15) is 23.0 Å². The van der Waals surface area contributed by atoms with Crippen LogP contribution in [0.4, 0.5) is 0 Å². The molecule has 2 aromatic heterocycles. The Balaban J connectivity index is 1.54. The second kappa shape index (κ2) is 8.93. The molecule has 156 valence electrons. The summed E-state index contributed by atoms with van der Waals surface area (Å²) in [6.07, 6.45) is 1.42. The summed E-state index contributed by atoms with van der Waals surface area (Å²) in [5, 5.41) is 9.81. The van der Waals surface area contributed by atoms with Gasteiger partial charge in [-0.2, -0.15) is 0 Å². The standard InChI is InChI=1S/C23H17NO6S/c1-2-28-22(27)15-9-7-14(8-10-15)18-12-11-16(29-18)13-20(21(25)26)31-23-24-17-5-3-4-6-19(17)30-23/h3-13H,2H2,1H3,(H,25,26)/b20-13-. The maximum Gasteiger partial charge on any atom is 0.342 e. The zero-order chi connectivity index (χ0) is 21.8. The van der Waals surface area contributed by atoms with Crippen LogP contribution in [0.25, 0.3) is 28.5 Å². The summed E-state index contributed by atoms with van der Waals surface area (Å²) in [6.45, 7) is 2.06. The van der Waals surface area contributed by atoms with Crippen molar-refractivity contribution in [2.24, 2.45) is 0 Å². The number of carbonyl (C=O) groups is 2. The van der Waals surface area contributed by atoms with Gasteiger partial charge in [-0.1, -0.05) is 24.3 Å². The van der Waals surface area contributed by atoms with Gasteiger partial charge in [-0.25, -0.2) is 14.6 Å². The Kier molecular flexibility index (Phi) is 5.90.